The fourth-order valence-electron chi connectivity index (χ4n) is 1.02. The molecular formula is C11H17NO2S. The number of nitrogen functional groups attached to an aromatic ring is 1. The lowest BCUT2D eigenvalue weighted by molar-refractivity contribution is 0.107. The Hall–Kier alpha value is -0.870. The maximum Gasteiger partial charge on any atom is 0.120 e. The summed E-state index contributed by atoms with van der Waals surface area (Å²) in [6, 6.07) is 5.51. The first kappa shape index (κ1) is 12.2. The van der Waals surface area contributed by atoms with Crippen molar-refractivity contribution in [3.8, 4) is 5.75 Å². The molecule has 0 bridgehead atoms. The summed E-state index contributed by atoms with van der Waals surface area (Å²) < 4.78 is 5.11. The number of aliphatic hydroxyl groups is 1. The minimum absolute atomic E-state index is 0.602. The smallest absolute Gasteiger partial charge is 0.120 e. The van der Waals surface area contributed by atoms with Crippen LogP contribution in [0.4, 0.5) is 5.69 Å². The van der Waals surface area contributed by atoms with Crippen LogP contribution in [0.3, 0.4) is 0 Å². The molecule has 0 aliphatic heterocycles. The van der Waals surface area contributed by atoms with E-state index >= 15 is 0 Å². The van der Waals surface area contributed by atoms with E-state index in [2.05, 4.69) is 0 Å². The molecule has 0 unspecified atom stereocenters. The van der Waals surface area contributed by atoms with Crippen LogP contribution in [0.15, 0.2) is 23.1 Å². The van der Waals surface area contributed by atoms with E-state index in [0.29, 0.717) is 11.4 Å². The van der Waals surface area contributed by atoms with Gasteiger partial charge in [-0.2, -0.15) is 0 Å². The molecule has 0 radical (unpaired) electrons. The zero-order chi connectivity index (χ0) is 11.5. The number of methoxy groups -OCH3 is 1. The van der Waals surface area contributed by atoms with Crippen LogP contribution in [0.25, 0.3) is 0 Å². The summed E-state index contributed by atoms with van der Waals surface area (Å²) in [5.74, 6) is 1.38. The van der Waals surface area contributed by atoms with Gasteiger partial charge in [-0.25, -0.2) is 0 Å². The van der Waals surface area contributed by atoms with E-state index in [4.69, 9.17) is 10.5 Å². The first-order valence-corrected chi connectivity index (χ1v) is 5.69. The molecule has 0 aromatic heterocycles. The topological polar surface area (TPSA) is 55.5 Å². The van der Waals surface area contributed by atoms with Crippen molar-refractivity contribution in [3.05, 3.63) is 18.2 Å². The second-order valence-electron chi connectivity index (χ2n) is 4.00. The zero-order valence-corrected chi connectivity index (χ0v) is 10.1. The summed E-state index contributed by atoms with van der Waals surface area (Å²) >= 11 is 1.53. The highest BCUT2D eigenvalue weighted by atomic mass is 32.2. The quantitative estimate of drug-likeness (QED) is 0.611. The van der Waals surface area contributed by atoms with Crippen LogP contribution in [0.2, 0.25) is 0 Å². The Morgan fingerprint density at radius 1 is 1.47 bits per heavy atom. The minimum Gasteiger partial charge on any atom is -0.497 e. The number of nitrogens with two attached hydrogens (primary N) is 1. The van der Waals surface area contributed by atoms with Crippen molar-refractivity contribution in [1.29, 1.82) is 0 Å². The number of hydrogen-bond donors (Lipinski definition) is 2. The van der Waals surface area contributed by atoms with Gasteiger partial charge in [0, 0.05) is 16.3 Å². The third-order valence-corrected chi connectivity index (χ3v) is 3.32. The lowest BCUT2D eigenvalue weighted by atomic mass is 10.2. The predicted octanol–water partition coefficient (Wildman–Crippen LogP) is 2.14. The van der Waals surface area contributed by atoms with Crippen molar-refractivity contribution >= 4 is 17.4 Å². The maximum absolute atomic E-state index is 9.60. The molecule has 0 heterocycles. The van der Waals surface area contributed by atoms with Crippen LogP contribution in [-0.4, -0.2) is 23.6 Å². The number of rotatable bonds is 4. The fraction of sp³-hybridized carbons (Fsp3) is 0.455. The van der Waals surface area contributed by atoms with Crippen molar-refractivity contribution in [3.63, 3.8) is 0 Å². The molecule has 0 saturated carbocycles. The molecule has 0 spiro atoms. The summed E-state index contributed by atoms with van der Waals surface area (Å²) in [5, 5.41) is 9.60. The summed E-state index contributed by atoms with van der Waals surface area (Å²) in [7, 11) is 1.62. The Balaban J connectivity index is 2.75. The molecule has 3 N–H and O–H groups in total. The van der Waals surface area contributed by atoms with E-state index in [-0.39, 0.29) is 0 Å². The average Bonchev–Trinajstić information content (AvgIpc) is 2.15. The minimum atomic E-state index is -0.694. The third kappa shape index (κ3) is 4.01. The second-order valence-corrected chi connectivity index (χ2v) is 5.02. The van der Waals surface area contributed by atoms with Crippen LogP contribution < -0.4 is 10.5 Å². The molecule has 0 atom stereocenters. The van der Waals surface area contributed by atoms with Crippen LogP contribution >= 0.6 is 11.8 Å². The molecule has 0 fully saturated rings. The Kier molecular flexibility index (Phi) is 3.88. The van der Waals surface area contributed by atoms with E-state index < -0.39 is 5.60 Å². The Labute approximate surface area is 94.6 Å². The van der Waals surface area contributed by atoms with Crippen molar-refractivity contribution in [2.45, 2.75) is 24.3 Å². The molecule has 0 aliphatic carbocycles. The molecule has 1 aromatic rings. The number of anilines is 1. The van der Waals surface area contributed by atoms with E-state index in [1.807, 2.05) is 18.2 Å². The predicted molar refractivity (Wildman–Crippen MR) is 64.4 cm³/mol. The lowest BCUT2D eigenvalue weighted by Gasteiger charge is -2.17. The third-order valence-electron chi connectivity index (χ3n) is 1.80. The van der Waals surface area contributed by atoms with Crippen molar-refractivity contribution in [2.24, 2.45) is 0 Å². The molecule has 4 heteroatoms. The molecule has 0 aliphatic rings. The van der Waals surface area contributed by atoms with Crippen LogP contribution in [0.5, 0.6) is 5.75 Å². The maximum atomic E-state index is 9.60. The molecule has 1 rings (SSSR count). The van der Waals surface area contributed by atoms with Crippen LogP contribution in [0, 0.1) is 0 Å². The highest BCUT2D eigenvalue weighted by Gasteiger charge is 2.14. The number of thioether (sulfide) groups is 1. The molecule has 0 saturated heterocycles. The van der Waals surface area contributed by atoms with Crippen molar-refractivity contribution in [1.82, 2.24) is 0 Å². The van der Waals surface area contributed by atoms with Crippen molar-refractivity contribution < 1.29 is 9.84 Å². The van der Waals surface area contributed by atoms with Gasteiger partial charge in [-0.15, -0.1) is 11.8 Å². The number of benzene rings is 1. The van der Waals surface area contributed by atoms with Gasteiger partial charge < -0.3 is 15.6 Å². The van der Waals surface area contributed by atoms with Gasteiger partial charge in [0.25, 0.3) is 0 Å². The molecule has 15 heavy (non-hydrogen) atoms. The van der Waals surface area contributed by atoms with Crippen LogP contribution in [0.1, 0.15) is 13.8 Å². The SMILES string of the molecule is COc1ccc(N)c(SCC(C)(C)O)c1. The van der Waals surface area contributed by atoms with Gasteiger partial charge in [0.1, 0.15) is 5.75 Å². The molecule has 0 amide bonds. The highest BCUT2D eigenvalue weighted by molar-refractivity contribution is 7.99. The number of hydrogen-bond acceptors (Lipinski definition) is 4. The molecule has 1 aromatic carbocycles. The summed E-state index contributed by atoms with van der Waals surface area (Å²) in [4.78, 5) is 0.941. The lowest BCUT2D eigenvalue weighted by Crippen LogP contribution is -2.21. The van der Waals surface area contributed by atoms with Gasteiger partial charge in [-0.3, -0.25) is 0 Å². The average molecular weight is 227 g/mol. The standard InChI is InChI=1S/C11H17NO2S/c1-11(2,13)7-15-10-6-8(14-3)4-5-9(10)12/h4-6,13H,7,12H2,1-3H3. The first-order chi connectivity index (χ1) is 6.92. The monoisotopic (exact) mass is 227 g/mol. The van der Waals surface area contributed by atoms with Gasteiger partial charge >= 0.3 is 0 Å². The zero-order valence-electron chi connectivity index (χ0n) is 9.28. The normalized spacial score (nSPS) is 11.5. The van der Waals surface area contributed by atoms with E-state index in [1.165, 1.54) is 11.8 Å². The van der Waals surface area contributed by atoms with Gasteiger partial charge in [0.05, 0.1) is 12.7 Å². The van der Waals surface area contributed by atoms with E-state index in [0.717, 1.165) is 10.6 Å². The van der Waals surface area contributed by atoms with Gasteiger partial charge in [-0.05, 0) is 32.0 Å². The summed E-state index contributed by atoms with van der Waals surface area (Å²) in [6.07, 6.45) is 0. The largest absolute Gasteiger partial charge is 0.497 e. The fourth-order valence-corrected chi connectivity index (χ4v) is 1.96. The number of ether oxygens (including phenoxy) is 1. The molecule has 84 valence electrons. The Morgan fingerprint density at radius 2 is 2.13 bits per heavy atom. The van der Waals surface area contributed by atoms with Gasteiger partial charge in [-0.1, -0.05) is 0 Å². The second kappa shape index (κ2) is 4.77. The molecule has 3 nitrogen and oxygen atoms in total. The van der Waals surface area contributed by atoms with Crippen molar-refractivity contribution in [2.75, 3.05) is 18.6 Å². The van der Waals surface area contributed by atoms with Crippen LogP contribution in [-0.2, 0) is 0 Å². The Bertz CT molecular complexity index is 334. The van der Waals surface area contributed by atoms with E-state index in [1.54, 1.807) is 21.0 Å². The van der Waals surface area contributed by atoms with Gasteiger partial charge in [0.2, 0.25) is 0 Å². The van der Waals surface area contributed by atoms with E-state index in [9.17, 15) is 5.11 Å². The first-order valence-electron chi connectivity index (χ1n) is 4.71. The summed E-state index contributed by atoms with van der Waals surface area (Å²) in [5.41, 5.74) is 5.83. The Morgan fingerprint density at radius 3 is 2.67 bits per heavy atom. The van der Waals surface area contributed by atoms with Gasteiger partial charge in [0.15, 0.2) is 0 Å². The highest BCUT2D eigenvalue weighted by Crippen LogP contribution is 2.30. The summed E-state index contributed by atoms with van der Waals surface area (Å²) in [6.45, 7) is 3.55. The molecular weight excluding hydrogens is 210 g/mol.